The van der Waals surface area contributed by atoms with Gasteiger partial charge in [0.25, 0.3) is 0 Å². The van der Waals surface area contributed by atoms with Gasteiger partial charge >= 0.3 is 6.18 Å². The largest absolute Gasteiger partial charge is 0.391 e. The fraction of sp³-hybridized carbons (Fsp3) is 0.875. The van der Waals surface area contributed by atoms with Gasteiger partial charge in [-0.15, -0.1) is 0 Å². The number of rotatable bonds is 2. The predicted molar refractivity (Wildman–Crippen MR) is 44.5 cm³/mol. The maximum atomic E-state index is 12.2. The maximum Gasteiger partial charge on any atom is 0.391 e. The Kier molecular flexibility index (Phi) is 3.04. The molecule has 1 saturated heterocycles. The molecule has 1 aliphatic rings. The highest BCUT2D eigenvalue weighted by Crippen LogP contribution is 2.32. The molecular formula is C8H13F3N2O. The van der Waals surface area contributed by atoms with Crippen LogP contribution < -0.4 is 11.1 Å². The van der Waals surface area contributed by atoms with Gasteiger partial charge in [-0.25, -0.2) is 0 Å². The molecule has 6 heteroatoms. The van der Waals surface area contributed by atoms with Gasteiger partial charge < -0.3 is 11.1 Å². The van der Waals surface area contributed by atoms with Crippen molar-refractivity contribution < 1.29 is 18.0 Å². The van der Waals surface area contributed by atoms with Gasteiger partial charge in [0.1, 0.15) is 5.54 Å². The summed E-state index contributed by atoms with van der Waals surface area (Å²) in [5.41, 5.74) is 3.44. The molecule has 0 aromatic heterocycles. The molecule has 3 N–H and O–H groups in total. The number of hydrogen-bond acceptors (Lipinski definition) is 2. The van der Waals surface area contributed by atoms with Gasteiger partial charge in [-0.05, 0) is 25.8 Å². The lowest BCUT2D eigenvalue weighted by Crippen LogP contribution is -2.59. The van der Waals surface area contributed by atoms with Crippen LogP contribution in [-0.2, 0) is 4.79 Å². The summed E-state index contributed by atoms with van der Waals surface area (Å²) in [5, 5.41) is 2.59. The SMILES string of the molecule is NC(=O)C1(CC(F)(F)F)CCCCN1. The van der Waals surface area contributed by atoms with Gasteiger partial charge in [0.2, 0.25) is 5.91 Å². The van der Waals surface area contributed by atoms with Gasteiger partial charge in [-0.2, -0.15) is 13.2 Å². The summed E-state index contributed by atoms with van der Waals surface area (Å²) in [6, 6.07) is 0. The van der Waals surface area contributed by atoms with E-state index in [1.807, 2.05) is 0 Å². The molecule has 1 fully saturated rings. The van der Waals surface area contributed by atoms with Crippen LogP contribution in [0.1, 0.15) is 25.7 Å². The third-order valence-electron chi connectivity index (χ3n) is 2.47. The Morgan fingerprint density at radius 2 is 2.07 bits per heavy atom. The second kappa shape index (κ2) is 3.76. The summed E-state index contributed by atoms with van der Waals surface area (Å²) in [7, 11) is 0. The second-order valence-corrected chi connectivity index (χ2v) is 3.62. The summed E-state index contributed by atoms with van der Waals surface area (Å²) in [5.74, 6) is -0.908. The van der Waals surface area contributed by atoms with Crippen LogP contribution in [0.5, 0.6) is 0 Å². The predicted octanol–water partition coefficient (Wildman–Crippen LogP) is 0.936. The molecule has 0 saturated carbocycles. The van der Waals surface area contributed by atoms with Crippen LogP contribution in [0.15, 0.2) is 0 Å². The van der Waals surface area contributed by atoms with Crippen molar-refractivity contribution in [2.24, 2.45) is 5.73 Å². The fourth-order valence-corrected chi connectivity index (χ4v) is 1.76. The second-order valence-electron chi connectivity index (χ2n) is 3.62. The van der Waals surface area contributed by atoms with Crippen molar-refractivity contribution in [3.05, 3.63) is 0 Å². The lowest BCUT2D eigenvalue weighted by Gasteiger charge is -2.35. The average molecular weight is 210 g/mol. The monoisotopic (exact) mass is 210 g/mol. The van der Waals surface area contributed by atoms with E-state index >= 15 is 0 Å². The number of carbonyl (C=O) groups is 1. The number of primary amides is 1. The molecule has 1 atom stereocenters. The summed E-state index contributed by atoms with van der Waals surface area (Å²) in [6.07, 6.45) is -3.98. The highest BCUT2D eigenvalue weighted by atomic mass is 19.4. The van der Waals surface area contributed by atoms with Gasteiger partial charge in [-0.3, -0.25) is 4.79 Å². The highest BCUT2D eigenvalue weighted by molar-refractivity contribution is 5.84. The first-order chi connectivity index (χ1) is 6.36. The molecule has 3 nitrogen and oxygen atoms in total. The molecule has 0 bridgehead atoms. The number of carbonyl (C=O) groups excluding carboxylic acids is 1. The molecule has 82 valence electrons. The molecule has 0 radical (unpaired) electrons. The Bertz CT molecular complexity index is 221. The van der Waals surface area contributed by atoms with Crippen molar-refractivity contribution >= 4 is 5.91 Å². The molecule has 0 aromatic rings. The smallest absolute Gasteiger partial charge is 0.368 e. The van der Waals surface area contributed by atoms with Crippen molar-refractivity contribution in [3.8, 4) is 0 Å². The zero-order valence-electron chi connectivity index (χ0n) is 7.66. The standard InChI is InChI=1S/C8H13F3N2O/c9-8(10,11)5-7(6(12)14)3-1-2-4-13-7/h13H,1-5H2,(H2,12,14). The van der Waals surface area contributed by atoms with Crippen LogP contribution in [0.2, 0.25) is 0 Å². The number of piperidine rings is 1. The van der Waals surface area contributed by atoms with Crippen LogP contribution in [0.3, 0.4) is 0 Å². The Balaban J connectivity index is 2.76. The number of hydrogen-bond donors (Lipinski definition) is 2. The third-order valence-corrected chi connectivity index (χ3v) is 2.47. The van der Waals surface area contributed by atoms with Crippen molar-refractivity contribution in [2.45, 2.75) is 37.4 Å². The van der Waals surface area contributed by atoms with E-state index in [4.69, 9.17) is 5.73 Å². The number of nitrogens with two attached hydrogens (primary N) is 1. The van der Waals surface area contributed by atoms with E-state index in [0.717, 1.165) is 6.42 Å². The molecule has 14 heavy (non-hydrogen) atoms. The van der Waals surface area contributed by atoms with Crippen LogP contribution >= 0.6 is 0 Å². The van der Waals surface area contributed by atoms with E-state index in [1.165, 1.54) is 0 Å². The third kappa shape index (κ3) is 2.60. The Morgan fingerprint density at radius 1 is 1.43 bits per heavy atom. The minimum Gasteiger partial charge on any atom is -0.368 e. The molecule has 1 amide bonds. The van der Waals surface area contributed by atoms with Crippen LogP contribution in [0.25, 0.3) is 0 Å². The lowest BCUT2D eigenvalue weighted by molar-refractivity contribution is -0.161. The van der Waals surface area contributed by atoms with E-state index < -0.39 is 24.0 Å². The minimum absolute atomic E-state index is 0.168. The van der Waals surface area contributed by atoms with E-state index in [0.29, 0.717) is 13.0 Å². The summed E-state index contributed by atoms with van der Waals surface area (Å²) < 4.78 is 36.6. The van der Waals surface area contributed by atoms with Crippen molar-refractivity contribution in [2.75, 3.05) is 6.54 Å². The zero-order chi connectivity index (χ0) is 10.8. The number of alkyl halides is 3. The molecule has 1 heterocycles. The van der Waals surface area contributed by atoms with Gasteiger partial charge in [0.15, 0.2) is 0 Å². The first kappa shape index (κ1) is 11.3. The van der Waals surface area contributed by atoms with E-state index in [1.54, 1.807) is 0 Å². The minimum atomic E-state index is -4.36. The van der Waals surface area contributed by atoms with Crippen LogP contribution in [0.4, 0.5) is 13.2 Å². The molecule has 0 aromatic carbocycles. The maximum absolute atomic E-state index is 12.2. The van der Waals surface area contributed by atoms with Gasteiger partial charge in [-0.1, -0.05) is 0 Å². The number of nitrogens with one attached hydrogen (secondary N) is 1. The topological polar surface area (TPSA) is 55.1 Å². The molecule has 1 unspecified atom stereocenters. The van der Waals surface area contributed by atoms with Crippen molar-refractivity contribution in [1.29, 1.82) is 0 Å². The Morgan fingerprint density at radius 3 is 2.43 bits per heavy atom. The van der Waals surface area contributed by atoms with Crippen LogP contribution in [-0.4, -0.2) is 24.2 Å². The first-order valence-corrected chi connectivity index (χ1v) is 4.47. The van der Waals surface area contributed by atoms with Gasteiger partial charge in [0, 0.05) is 0 Å². The van der Waals surface area contributed by atoms with E-state index in [-0.39, 0.29) is 6.42 Å². The Labute approximate surface area is 79.8 Å². The molecular weight excluding hydrogens is 197 g/mol. The lowest BCUT2D eigenvalue weighted by atomic mass is 9.85. The average Bonchev–Trinajstić information content (AvgIpc) is 2.02. The molecule has 1 aliphatic heterocycles. The number of halogens is 3. The highest BCUT2D eigenvalue weighted by Gasteiger charge is 2.46. The Hall–Kier alpha value is -0.780. The normalized spacial score (nSPS) is 28.8. The zero-order valence-corrected chi connectivity index (χ0v) is 7.66. The van der Waals surface area contributed by atoms with E-state index in [9.17, 15) is 18.0 Å². The molecule has 0 spiro atoms. The summed E-state index contributed by atoms with van der Waals surface area (Å²) in [6.45, 7) is 0.416. The van der Waals surface area contributed by atoms with E-state index in [2.05, 4.69) is 5.32 Å². The van der Waals surface area contributed by atoms with Crippen molar-refractivity contribution in [3.63, 3.8) is 0 Å². The van der Waals surface area contributed by atoms with Gasteiger partial charge in [0.05, 0.1) is 6.42 Å². The van der Waals surface area contributed by atoms with Crippen LogP contribution in [0, 0.1) is 0 Å². The fourth-order valence-electron chi connectivity index (χ4n) is 1.76. The van der Waals surface area contributed by atoms with Crippen molar-refractivity contribution in [1.82, 2.24) is 5.32 Å². The molecule has 1 rings (SSSR count). The molecule has 0 aliphatic carbocycles. The summed E-state index contributed by atoms with van der Waals surface area (Å²) in [4.78, 5) is 11.0. The quantitative estimate of drug-likeness (QED) is 0.712. The summed E-state index contributed by atoms with van der Waals surface area (Å²) >= 11 is 0. The number of amides is 1. The first-order valence-electron chi connectivity index (χ1n) is 4.47.